The number of ether oxygens (including phenoxy) is 2. The van der Waals surface area contributed by atoms with E-state index >= 15 is 0 Å². The molecule has 2 fully saturated rings. The lowest BCUT2D eigenvalue weighted by molar-refractivity contribution is 0.0277. The van der Waals surface area contributed by atoms with Crippen molar-refractivity contribution in [3.8, 4) is 11.8 Å². The van der Waals surface area contributed by atoms with Crippen LogP contribution in [0.25, 0.3) is 10.8 Å². The summed E-state index contributed by atoms with van der Waals surface area (Å²) >= 11 is 0. The van der Waals surface area contributed by atoms with Gasteiger partial charge in [0.2, 0.25) is 0 Å². The molecule has 1 aliphatic carbocycles. The van der Waals surface area contributed by atoms with Crippen LogP contribution in [0.5, 0.6) is 11.8 Å². The number of hydrogen-bond donors (Lipinski definition) is 1. The highest BCUT2D eigenvalue weighted by Gasteiger charge is 2.40. The number of phenolic OH excluding ortho intramolecular Hbond substituents is 1. The van der Waals surface area contributed by atoms with Gasteiger partial charge in [0, 0.05) is 43.1 Å². The molecule has 2 aromatic carbocycles. The molecule has 3 aromatic rings. The first-order valence-corrected chi connectivity index (χ1v) is 14.6. The Kier molecular flexibility index (Phi) is 7.46. The number of anilines is 2. The van der Waals surface area contributed by atoms with Gasteiger partial charge in [0.25, 0.3) is 5.91 Å². The summed E-state index contributed by atoms with van der Waals surface area (Å²) in [4.78, 5) is 29.6. The third kappa shape index (κ3) is 5.19. The van der Waals surface area contributed by atoms with E-state index < -0.39 is 0 Å². The summed E-state index contributed by atoms with van der Waals surface area (Å²) < 4.78 is 26.9. The minimum atomic E-state index is -0.334. The van der Waals surface area contributed by atoms with Crippen LogP contribution in [0.3, 0.4) is 0 Å². The van der Waals surface area contributed by atoms with E-state index in [9.17, 15) is 14.3 Å². The lowest BCUT2D eigenvalue weighted by Gasteiger charge is -2.43. The Morgan fingerprint density at radius 3 is 2.71 bits per heavy atom. The van der Waals surface area contributed by atoms with Crippen LogP contribution in [0.15, 0.2) is 24.3 Å². The highest BCUT2D eigenvalue weighted by atomic mass is 19.1. The highest BCUT2D eigenvalue weighted by Crippen LogP contribution is 2.43. The van der Waals surface area contributed by atoms with Crippen molar-refractivity contribution in [2.75, 3.05) is 63.4 Å². The van der Waals surface area contributed by atoms with E-state index in [1.165, 1.54) is 18.6 Å². The van der Waals surface area contributed by atoms with Crippen molar-refractivity contribution >= 4 is 28.2 Å². The van der Waals surface area contributed by atoms with Crippen LogP contribution < -0.4 is 14.5 Å². The largest absolute Gasteiger partial charge is 0.508 e. The van der Waals surface area contributed by atoms with Crippen LogP contribution in [0.2, 0.25) is 0 Å². The van der Waals surface area contributed by atoms with Gasteiger partial charge in [-0.1, -0.05) is 19.4 Å². The van der Waals surface area contributed by atoms with Gasteiger partial charge in [0.1, 0.15) is 22.9 Å². The lowest BCUT2D eigenvalue weighted by atomic mass is 9.69. The van der Waals surface area contributed by atoms with Crippen molar-refractivity contribution in [2.45, 2.75) is 45.6 Å². The zero-order chi connectivity index (χ0) is 28.7. The van der Waals surface area contributed by atoms with E-state index in [0.717, 1.165) is 25.8 Å². The molecule has 1 aromatic heterocycles. The fourth-order valence-corrected chi connectivity index (χ4v) is 6.56. The molecule has 0 bridgehead atoms. The van der Waals surface area contributed by atoms with Crippen molar-refractivity contribution in [3.05, 3.63) is 46.9 Å². The molecule has 10 heteroatoms. The number of benzene rings is 2. The molecule has 0 atom stereocenters. The first-order valence-electron chi connectivity index (χ1n) is 14.6. The summed E-state index contributed by atoms with van der Waals surface area (Å²) in [5.41, 5.74) is 2.04. The van der Waals surface area contributed by atoms with Crippen LogP contribution in [0.1, 0.15) is 54.2 Å². The molecule has 0 radical (unpaired) electrons. The fourth-order valence-electron chi connectivity index (χ4n) is 6.56. The molecule has 3 aliphatic rings. The van der Waals surface area contributed by atoms with Crippen molar-refractivity contribution in [1.82, 2.24) is 14.9 Å². The SMILES string of the molecule is CCc1c(F)ccc2cc(O)cc(N3Cc4nc(OCC5(CN(C)C)CCC5)nc(N5CCCOCC5)c4C3=O)c12. The monoisotopic (exact) mass is 563 g/mol. The molecule has 3 heterocycles. The van der Waals surface area contributed by atoms with E-state index in [1.54, 1.807) is 17.0 Å². The molecule has 1 saturated carbocycles. The van der Waals surface area contributed by atoms with Gasteiger partial charge in [0.05, 0.1) is 31.1 Å². The Morgan fingerprint density at radius 1 is 1.15 bits per heavy atom. The molecule has 41 heavy (non-hydrogen) atoms. The Bertz CT molecular complexity index is 1470. The molecule has 0 spiro atoms. The normalized spacial score (nSPS) is 18.5. The van der Waals surface area contributed by atoms with Crippen molar-refractivity contribution in [2.24, 2.45) is 5.41 Å². The zero-order valence-electron chi connectivity index (χ0n) is 24.1. The predicted molar refractivity (Wildman–Crippen MR) is 155 cm³/mol. The Hall–Kier alpha value is -3.50. The third-order valence-electron chi connectivity index (χ3n) is 8.58. The molecule has 218 valence electrons. The smallest absolute Gasteiger partial charge is 0.318 e. The van der Waals surface area contributed by atoms with Gasteiger partial charge >= 0.3 is 6.01 Å². The van der Waals surface area contributed by atoms with Gasteiger partial charge in [-0.05, 0) is 62.9 Å². The number of hydrogen-bond acceptors (Lipinski definition) is 8. The second-order valence-electron chi connectivity index (χ2n) is 11.8. The van der Waals surface area contributed by atoms with Crippen LogP contribution >= 0.6 is 0 Å². The number of aryl methyl sites for hydroxylation is 1. The third-order valence-corrected chi connectivity index (χ3v) is 8.58. The van der Waals surface area contributed by atoms with Crippen molar-refractivity contribution in [3.63, 3.8) is 0 Å². The first-order chi connectivity index (χ1) is 19.8. The maximum atomic E-state index is 14.9. The molecule has 1 amide bonds. The molecule has 9 nitrogen and oxygen atoms in total. The first kappa shape index (κ1) is 27.7. The Labute approximate surface area is 239 Å². The number of carbonyl (C=O) groups is 1. The molecule has 1 saturated heterocycles. The lowest BCUT2D eigenvalue weighted by Crippen LogP contribution is -2.44. The van der Waals surface area contributed by atoms with E-state index in [0.29, 0.717) is 78.4 Å². The van der Waals surface area contributed by atoms with Crippen LogP contribution in [0, 0.1) is 11.2 Å². The number of nitrogens with zero attached hydrogens (tertiary/aromatic N) is 5. The van der Waals surface area contributed by atoms with E-state index in [-0.39, 0.29) is 35.4 Å². The van der Waals surface area contributed by atoms with E-state index in [4.69, 9.17) is 19.4 Å². The molecule has 0 unspecified atom stereocenters. The predicted octanol–water partition coefficient (Wildman–Crippen LogP) is 4.53. The van der Waals surface area contributed by atoms with Crippen LogP contribution in [0.4, 0.5) is 15.9 Å². The summed E-state index contributed by atoms with van der Waals surface area (Å²) in [7, 11) is 4.15. The van der Waals surface area contributed by atoms with Crippen molar-refractivity contribution in [1.29, 1.82) is 0 Å². The standard InChI is InChI=1S/C31H38FN5O4/c1-4-22-23(32)8-7-20-15-21(38)16-25(26(20)22)37-17-24-27(29(37)39)28(36-11-6-13-40-14-12-36)34-30(33-24)41-19-31(9-5-10-31)18-35(2)3/h7-8,15-16,38H,4-6,9-14,17-19H2,1-3H3. The average molecular weight is 564 g/mol. The van der Waals surface area contributed by atoms with E-state index in [2.05, 4.69) is 23.9 Å². The second kappa shape index (κ2) is 11.1. The maximum absolute atomic E-state index is 14.9. The number of halogens is 1. The molecule has 2 aliphatic heterocycles. The number of fused-ring (bicyclic) bond motifs is 2. The fraction of sp³-hybridized carbons (Fsp3) is 0.516. The number of aromatic hydroxyl groups is 1. The number of aromatic nitrogens is 2. The topological polar surface area (TPSA) is 91.3 Å². The van der Waals surface area contributed by atoms with Gasteiger partial charge in [-0.25, -0.2) is 4.39 Å². The van der Waals surface area contributed by atoms with Gasteiger partial charge < -0.3 is 29.3 Å². The Morgan fingerprint density at radius 2 is 1.98 bits per heavy atom. The summed E-state index contributed by atoms with van der Waals surface area (Å²) in [5.74, 6) is -0.0475. The van der Waals surface area contributed by atoms with Crippen LogP contribution in [-0.2, 0) is 17.7 Å². The van der Waals surface area contributed by atoms with Crippen LogP contribution in [-0.4, -0.2) is 79.4 Å². The van der Waals surface area contributed by atoms with E-state index in [1.807, 2.05) is 6.92 Å². The molecular formula is C31H38FN5O4. The molecule has 1 N–H and O–H groups in total. The molecule has 6 rings (SSSR count). The van der Waals surface area contributed by atoms with Gasteiger partial charge in [0.15, 0.2) is 0 Å². The highest BCUT2D eigenvalue weighted by molar-refractivity contribution is 6.16. The number of rotatable bonds is 8. The number of amides is 1. The van der Waals surface area contributed by atoms with Crippen molar-refractivity contribution < 1.29 is 23.8 Å². The number of phenols is 1. The number of carbonyl (C=O) groups excluding carboxylic acids is 1. The quantitative estimate of drug-likeness (QED) is 0.428. The second-order valence-corrected chi connectivity index (χ2v) is 11.8. The summed E-state index contributed by atoms with van der Waals surface area (Å²) in [6.07, 6.45) is 4.64. The maximum Gasteiger partial charge on any atom is 0.318 e. The average Bonchev–Trinajstić information content (AvgIpc) is 3.08. The Balaban J connectivity index is 1.41. The minimum absolute atomic E-state index is 0.0107. The summed E-state index contributed by atoms with van der Waals surface area (Å²) in [5, 5.41) is 11.9. The summed E-state index contributed by atoms with van der Waals surface area (Å²) in [6, 6.07) is 6.45. The van der Waals surface area contributed by atoms with Gasteiger partial charge in [-0.15, -0.1) is 0 Å². The zero-order valence-corrected chi connectivity index (χ0v) is 24.1. The molecular weight excluding hydrogens is 525 g/mol. The minimum Gasteiger partial charge on any atom is -0.508 e. The van der Waals surface area contributed by atoms with Gasteiger partial charge in [-0.3, -0.25) is 4.79 Å². The summed E-state index contributed by atoms with van der Waals surface area (Å²) in [6.45, 7) is 5.99. The van der Waals surface area contributed by atoms with Gasteiger partial charge in [-0.2, -0.15) is 9.97 Å².